The number of ether oxygens (including phenoxy) is 1. The number of nitrogens with zero attached hydrogens (tertiary/aromatic N) is 4. The molecule has 3 aromatic rings. The van der Waals surface area contributed by atoms with Crippen molar-refractivity contribution in [2.45, 2.75) is 31.5 Å². The van der Waals surface area contributed by atoms with Crippen molar-refractivity contribution in [3.8, 4) is 5.75 Å². The van der Waals surface area contributed by atoms with Gasteiger partial charge in [-0.15, -0.1) is 15.6 Å². The molecule has 6 N–H and O–H groups in total. The Hall–Kier alpha value is -4.10. The molecule has 2 aromatic heterocycles. The molecule has 5 rings (SSSR count). The van der Waals surface area contributed by atoms with E-state index in [2.05, 4.69) is 35.4 Å². The minimum atomic E-state index is -4.94. The van der Waals surface area contributed by atoms with Crippen molar-refractivity contribution in [1.82, 2.24) is 25.7 Å². The SMILES string of the molecule is CC1(C)[C@H](NC(=O)/C(=N\OCCOc2ccc3c(NC4CNC4)nccc3c2)c2csc(N)n2)C(=O)N1OS(=O)(=O)O. The van der Waals surface area contributed by atoms with Crippen LogP contribution >= 0.6 is 11.3 Å². The van der Waals surface area contributed by atoms with Crippen molar-refractivity contribution in [1.29, 1.82) is 0 Å². The van der Waals surface area contributed by atoms with Gasteiger partial charge in [0.05, 0.1) is 11.6 Å². The normalized spacial score (nSPS) is 18.7. The van der Waals surface area contributed by atoms with E-state index in [1.54, 1.807) is 6.20 Å². The highest BCUT2D eigenvalue weighted by Gasteiger charge is 2.58. The number of carbonyl (C=O) groups excluding carboxylic acids is 2. The molecule has 2 saturated heterocycles. The smallest absolute Gasteiger partial charge is 0.418 e. The maximum absolute atomic E-state index is 13.1. The molecular weight excluding hydrogens is 592 g/mol. The maximum atomic E-state index is 13.1. The number of nitrogens with two attached hydrogens (primary N) is 1. The number of β-lactam (4-membered cyclic amide) rings is 1. The van der Waals surface area contributed by atoms with Crippen LogP contribution in [0.2, 0.25) is 0 Å². The zero-order valence-electron chi connectivity index (χ0n) is 22.4. The van der Waals surface area contributed by atoms with E-state index in [1.807, 2.05) is 24.3 Å². The molecule has 0 unspecified atom stereocenters. The first-order valence-electron chi connectivity index (χ1n) is 12.6. The van der Waals surface area contributed by atoms with E-state index >= 15 is 0 Å². The number of anilines is 2. The molecule has 0 bridgehead atoms. The molecule has 2 aliphatic heterocycles. The van der Waals surface area contributed by atoms with Gasteiger partial charge in [-0.2, -0.15) is 13.5 Å². The van der Waals surface area contributed by atoms with Crippen molar-refractivity contribution in [3.63, 3.8) is 0 Å². The maximum Gasteiger partial charge on any atom is 0.418 e. The molecule has 42 heavy (non-hydrogen) atoms. The van der Waals surface area contributed by atoms with E-state index < -0.39 is 33.8 Å². The summed E-state index contributed by atoms with van der Waals surface area (Å²) in [5.41, 5.74) is 4.24. The number of aromatic nitrogens is 2. The number of amides is 2. The van der Waals surface area contributed by atoms with Gasteiger partial charge in [0.25, 0.3) is 11.8 Å². The predicted molar refractivity (Wildman–Crippen MR) is 152 cm³/mol. The fraction of sp³-hybridized carbons (Fsp3) is 0.375. The van der Waals surface area contributed by atoms with Crippen LogP contribution in [0.1, 0.15) is 19.5 Å². The molecule has 0 radical (unpaired) electrons. The molecule has 0 spiro atoms. The van der Waals surface area contributed by atoms with Crippen molar-refractivity contribution < 1.29 is 36.4 Å². The fourth-order valence-electron chi connectivity index (χ4n) is 4.27. The van der Waals surface area contributed by atoms with E-state index in [9.17, 15) is 18.0 Å². The van der Waals surface area contributed by atoms with Crippen LogP contribution in [-0.2, 0) is 29.1 Å². The lowest BCUT2D eigenvalue weighted by Gasteiger charge is -2.50. The summed E-state index contributed by atoms with van der Waals surface area (Å²) in [6.07, 6.45) is 1.73. The van der Waals surface area contributed by atoms with Crippen LogP contribution in [0.15, 0.2) is 41.0 Å². The van der Waals surface area contributed by atoms with E-state index in [0.717, 1.165) is 41.0 Å². The molecular formula is C24H28N8O8S2. The third kappa shape index (κ3) is 6.36. The third-order valence-electron chi connectivity index (χ3n) is 6.56. The first-order chi connectivity index (χ1) is 19.9. The summed E-state index contributed by atoms with van der Waals surface area (Å²) in [7, 11) is -4.94. The quantitative estimate of drug-likeness (QED) is 0.0605. The predicted octanol–water partition coefficient (Wildman–Crippen LogP) is 0.297. The lowest BCUT2D eigenvalue weighted by molar-refractivity contribution is -0.218. The second-order valence-corrected chi connectivity index (χ2v) is 11.8. The number of hydroxylamine groups is 2. The number of nitrogen functional groups attached to an aromatic ring is 1. The largest absolute Gasteiger partial charge is 0.490 e. The molecule has 2 aliphatic rings. The van der Waals surface area contributed by atoms with E-state index in [1.165, 1.54) is 19.2 Å². The lowest BCUT2D eigenvalue weighted by Crippen LogP contribution is -2.76. The Kier molecular flexibility index (Phi) is 8.15. The van der Waals surface area contributed by atoms with Crippen LogP contribution in [0.4, 0.5) is 10.9 Å². The lowest BCUT2D eigenvalue weighted by atomic mass is 9.84. The number of thiazole rings is 1. The molecule has 1 aromatic carbocycles. The second kappa shape index (κ2) is 11.6. The Morgan fingerprint density at radius 1 is 1.31 bits per heavy atom. The zero-order valence-corrected chi connectivity index (χ0v) is 24.1. The number of pyridine rings is 1. The van der Waals surface area contributed by atoms with Gasteiger partial charge in [0.15, 0.2) is 17.5 Å². The highest BCUT2D eigenvalue weighted by Crippen LogP contribution is 2.33. The molecule has 224 valence electrons. The molecule has 2 fully saturated rings. The summed E-state index contributed by atoms with van der Waals surface area (Å²) in [4.78, 5) is 39.4. The van der Waals surface area contributed by atoms with Crippen LogP contribution < -0.4 is 26.4 Å². The van der Waals surface area contributed by atoms with Gasteiger partial charge in [0, 0.05) is 30.1 Å². The number of hydrogen-bond donors (Lipinski definition) is 5. The molecule has 18 heteroatoms. The zero-order chi connectivity index (χ0) is 30.1. The summed E-state index contributed by atoms with van der Waals surface area (Å²) in [6, 6.07) is 6.67. The topological polar surface area (TPSA) is 220 Å². The molecule has 0 aliphatic carbocycles. The molecule has 1 atom stereocenters. The Balaban J connectivity index is 1.20. The van der Waals surface area contributed by atoms with Crippen LogP contribution in [0.25, 0.3) is 10.8 Å². The summed E-state index contributed by atoms with van der Waals surface area (Å²) < 4.78 is 41.1. The van der Waals surface area contributed by atoms with Crippen molar-refractivity contribution in [2.24, 2.45) is 5.16 Å². The summed E-state index contributed by atoms with van der Waals surface area (Å²) >= 11 is 1.07. The summed E-state index contributed by atoms with van der Waals surface area (Å²) in [5.74, 6) is -0.316. The Morgan fingerprint density at radius 3 is 2.74 bits per heavy atom. The number of oxime groups is 1. The average molecular weight is 621 g/mol. The third-order valence-corrected chi connectivity index (χ3v) is 7.57. The van der Waals surface area contributed by atoms with Crippen molar-refractivity contribution in [3.05, 3.63) is 41.5 Å². The molecule has 0 saturated carbocycles. The van der Waals surface area contributed by atoms with Gasteiger partial charge in [0.1, 0.15) is 29.9 Å². The van der Waals surface area contributed by atoms with Crippen LogP contribution in [0, 0.1) is 0 Å². The van der Waals surface area contributed by atoms with Crippen molar-refractivity contribution in [2.75, 3.05) is 37.4 Å². The van der Waals surface area contributed by atoms with Gasteiger partial charge in [-0.05, 0) is 43.5 Å². The van der Waals surface area contributed by atoms with Gasteiger partial charge in [-0.1, -0.05) is 5.16 Å². The van der Waals surface area contributed by atoms with Crippen LogP contribution in [0.3, 0.4) is 0 Å². The standard InChI is InChI=1S/C24H28N8O8S2/c1-24(2)19(22(34)32(24)40-42(35,36)37)30-21(33)18(17-12-41-23(25)29-17)31-39-8-7-38-15-3-4-16-13(9-15)5-6-27-20(16)28-14-10-26-11-14/h3-6,9,12,14,19,26H,7-8,10-11H2,1-2H3,(H2,25,29)(H,27,28)(H,30,33)(H,35,36,37)/b31-18-/t19-/m1/s1. The Bertz CT molecular complexity index is 1640. The van der Waals surface area contributed by atoms with Gasteiger partial charge in [0.2, 0.25) is 0 Å². The Morgan fingerprint density at radius 2 is 2.10 bits per heavy atom. The minimum absolute atomic E-state index is 0.0317. The molecule has 4 heterocycles. The second-order valence-electron chi connectivity index (χ2n) is 9.93. The first kappa shape index (κ1) is 29.4. The number of fused-ring (bicyclic) bond motifs is 1. The molecule has 2 amide bonds. The first-order valence-corrected chi connectivity index (χ1v) is 14.9. The number of nitrogens with one attached hydrogen (secondary N) is 3. The highest BCUT2D eigenvalue weighted by molar-refractivity contribution is 7.80. The van der Waals surface area contributed by atoms with Gasteiger partial charge < -0.3 is 31.3 Å². The van der Waals surface area contributed by atoms with Crippen LogP contribution in [0.5, 0.6) is 5.75 Å². The Labute approximate surface area is 244 Å². The minimum Gasteiger partial charge on any atom is -0.490 e. The van der Waals surface area contributed by atoms with Gasteiger partial charge >= 0.3 is 10.4 Å². The van der Waals surface area contributed by atoms with Crippen LogP contribution in [-0.4, -0.2) is 89.5 Å². The number of rotatable bonds is 12. The van der Waals surface area contributed by atoms with E-state index in [4.69, 9.17) is 19.9 Å². The van der Waals surface area contributed by atoms with E-state index in [-0.39, 0.29) is 29.8 Å². The van der Waals surface area contributed by atoms with E-state index in [0.29, 0.717) is 16.9 Å². The van der Waals surface area contributed by atoms with Gasteiger partial charge in [-0.3, -0.25) is 14.1 Å². The monoisotopic (exact) mass is 620 g/mol. The fourth-order valence-corrected chi connectivity index (χ4v) is 5.27. The number of benzene rings is 1. The highest BCUT2D eigenvalue weighted by atomic mass is 32.3. The number of hydrogen-bond acceptors (Lipinski definition) is 14. The number of carbonyl (C=O) groups is 2. The summed E-state index contributed by atoms with van der Waals surface area (Å²) in [6.45, 7) is 4.72. The van der Waals surface area contributed by atoms with Gasteiger partial charge in [-0.25, -0.2) is 9.97 Å². The summed E-state index contributed by atoms with van der Waals surface area (Å²) in [5, 5.41) is 17.0. The molecule has 16 nitrogen and oxygen atoms in total. The average Bonchev–Trinajstić information content (AvgIpc) is 3.34. The van der Waals surface area contributed by atoms with Crippen molar-refractivity contribution >= 4 is 61.0 Å².